The second-order valence-electron chi connectivity index (χ2n) is 6.25. The molecule has 0 aliphatic rings. The highest BCUT2D eigenvalue weighted by molar-refractivity contribution is 5.96. The Morgan fingerprint density at radius 1 is 0.964 bits per heavy atom. The molecule has 2 heterocycles. The summed E-state index contributed by atoms with van der Waals surface area (Å²) in [6.45, 7) is 1.18. The van der Waals surface area contributed by atoms with E-state index in [2.05, 4.69) is 15.3 Å². The summed E-state index contributed by atoms with van der Waals surface area (Å²) in [5.74, 6) is 0.764. The SMILES string of the molecule is O=[N+]([O-])c1ccc(NCCCOc2cccc3cccnc23)c2ncccc12. The Kier molecular flexibility index (Phi) is 4.97. The molecule has 0 amide bonds. The van der Waals surface area contributed by atoms with Crippen molar-refractivity contribution in [3.63, 3.8) is 0 Å². The van der Waals surface area contributed by atoms with Crippen LogP contribution in [0.15, 0.2) is 67.0 Å². The first-order valence-electron chi connectivity index (χ1n) is 8.96. The van der Waals surface area contributed by atoms with Crippen LogP contribution in [0.25, 0.3) is 21.8 Å². The van der Waals surface area contributed by atoms with Crippen LogP contribution in [0.5, 0.6) is 5.75 Å². The molecule has 0 unspecified atom stereocenters. The highest BCUT2D eigenvalue weighted by atomic mass is 16.6. The fraction of sp³-hybridized carbons (Fsp3) is 0.143. The number of hydrogen-bond acceptors (Lipinski definition) is 6. The number of fused-ring (bicyclic) bond motifs is 2. The van der Waals surface area contributed by atoms with Crippen molar-refractivity contribution in [1.82, 2.24) is 9.97 Å². The first-order valence-corrected chi connectivity index (χ1v) is 8.96. The summed E-state index contributed by atoms with van der Waals surface area (Å²) >= 11 is 0. The summed E-state index contributed by atoms with van der Waals surface area (Å²) in [4.78, 5) is 19.5. The molecule has 4 rings (SSSR count). The van der Waals surface area contributed by atoms with Gasteiger partial charge in [-0.2, -0.15) is 0 Å². The molecule has 7 nitrogen and oxygen atoms in total. The quantitative estimate of drug-likeness (QED) is 0.289. The molecular weight excluding hydrogens is 356 g/mol. The minimum absolute atomic E-state index is 0.0560. The van der Waals surface area contributed by atoms with Crippen molar-refractivity contribution in [3.8, 4) is 5.75 Å². The first kappa shape index (κ1) is 17.7. The standard InChI is InChI=1S/C21H18N4O3/c26-25(27)18-10-9-17(21-16(18)7-3-12-24-21)22-13-4-14-28-19-8-1-5-15-6-2-11-23-20(15)19/h1-3,5-12,22H,4,13-14H2. The van der Waals surface area contributed by atoms with Gasteiger partial charge >= 0.3 is 0 Å². The molecular formula is C21H18N4O3. The largest absolute Gasteiger partial charge is 0.491 e. The molecule has 2 aromatic carbocycles. The molecule has 1 N–H and O–H groups in total. The van der Waals surface area contributed by atoms with E-state index < -0.39 is 0 Å². The lowest BCUT2D eigenvalue weighted by molar-refractivity contribution is -0.383. The van der Waals surface area contributed by atoms with Crippen LogP contribution in [-0.2, 0) is 0 Å². The molecule has 7 heteroatoms. The Bertz CT molecular complexity index is 1140. The van der Waals surface area contributed by atoms with Gasteiger partial charge < -0.3 is 10.1 Å². The number of para-hydroxylation sites is 1. The molecule has 0 fully saturated rings. The van der Waals surface area contributed by atoms with Crippen LogP contribution < -0.4 is 10.1 Å². The van der Waals surface area contributed by atoms with E-state index in [9.17, 15) is 10.1 Å². The average molecular weight is 374 g/mol. The Balaban J connectivity index is 1.39. The molecule has 0 bridgehead atoms. The van der Waals surface area contributed by atoms with Gasteiger partial charge in [0.25, 0.3) is 5.69 Å². The Labute approximate surface area is 161 Å². The minimum atomic E-state index is -0.389. The number of hydrogen-bond donors (Lipinski definition) is 1. The predicted molar refractivity (Wildman–Crippen MR) is 109 cm³/mol. The lowest BCUT2D eigenvalue weighted by atomic mass is 10.1. The molecule has 4 aromatic rings. The Morgan fingerprint density at radius 2 is 1.75 bits per heavy atom. The van der Waals surface area contributed by atoms with Crippen LogP contribution in [0.3, 0.4) is 0 Å². The van der Waals surface area contributed by atoms with E-state index in [1.54, 1.807) is 30.6 Å². The van der Waals surface area contributed by atoms with E-state index in [-0.39, 0.29) is 10.6 Å². The topological polar surface area (TPSA) is 90.2 Å². The number of aromatic nitrogens is 2. The van der Waals surface area contributed by atoms with Crippen molar-refractivity contribution in [2.45, 2.75) is 6.42 Å². The maximum Gasteiger partial charge on any atom is 0.278 e. The van der Waals surface area contributed by atoms with Crippen molar-refractivity contribution < 1.29 is 9.66 Å². The Hall–Kier alpha value is -3.74. The summed E-state index contributed by atoms with van der Waals surface area (Å²) in [6.07, 6.45) is 4.14. The van der Waals surface area contributed by atoms with Gasteiger partial charge in [-0.1, -0.05) is 18.2 Å². The number of nitro groups is 1. The van der Waals surface area contributed by atoms with Gasteiger partial charge in [0, 0.05) is 30.4 Å². The fourth-order valence-corrected chi connectivity index (χ4v) is 3.13. The lowest BCUT2D eigenvalue weighted by Crippen LogP contribution is -2.08. The monoisotopic (exact) mass is 374 g/mol. The number of nitrogens with zero attached hydrogens (tertiary/aromatic N) is 3. The number of ether oxygens (including phenoxy) is 1. The van der Waals surface area contributed by atoms with Gasteiger partial charge in [-0.3, -0.25) is 20.1 Å². The van der Waals surface area contributed by atoms with E-state index in [0.717, 1.165) is 28.8 Å². The van der Waals surface area contributed by atoms with Gasteiger partial charge in [-0.15, -0.1) is 0 Å². The van der Waals surface area contributed by atoms with Gasteiger partial charge in [0.2, 0.25) is 0 Å². The third-order valence-electron chi connectivity index (χ3n) is 4.43. The second kappa shape index (κ2) is 7.87. The van der Waals surface area contributed by atoms with Crippen molar-refractivity contribution in [2.24, 2.45) is 0 Å². The number of non-ortho nitro benzene ring substituents is 1. The van der Waals surface area contributed by atoms with Crippen molar-refractivity contribution in [1.29, 1.82) is 0 Å². The van der Waals surface area contributed by atoms with Crippen LogP contribution in [0.2, 0.25) is 0 Å². The fourth-order valence-electron chi connectivity index (χ4n) is 3.13. The highest BCUT2D eigenvalue weighted by Crippen LogP contribution is 2.29. The van der Waals surface area contributed by atoms with Crippen LogP contribution in [0, 0.1) is 10.1 Å². The molecule has 0 spiro atoms. The zero-order valence-corrected chi connectivity index (χ0v) is 15.0. The van der Waals surface area contributed by atoms with Gasteiger partial charge in [0.05, 0.1) is 22.6 Å². The summed E-state index contributed by atoms with van der Waals surface area (Å²) in [6, 6.07) is 16.4. The number of nitrogens with one attached hydrogen (secondary N) is 1. The lowest BCUT2D eigenvalue weighted by Gasteiger charge is -2.11. The summed E-state index contributed by atoms with van der Waals surface area (Å²) in [5.41, 5.74) is 2.27. The van der Waals surface area contributed by atoms with Crippen LogP contribution in [-0.4, -0.2) is 28.0 Å². The second-order valence-corrected chi connectivity index (χ2v) is 6.25. The van der Waals surface area contributed by atoms with E-state index in [4.69, 9.17) is 4.74 Å². The maximum atomic E-state index is 11.2. The number of rotatable bonds is 7. The van der Waals surface area contributed by atoms with Gasteiger partial charge in [-0.05, 0) is 36.8 Å². The number of pyridine rings is 2. The number of nitro benzene ring substituents is 1. The summed E-state index contributed by atoms with van der Waals surface area (Å²) in [5, 5.41) is 16.1. The van der Waals surface area contributed by atoms with Crippen molar-refractivity contribution in [3.05, 3.63) is 77.1 Å². The van der Waals surface area contributed by atoms with Crippen molar-refractivity contribution in [2.75, 3.05) is 18.5 Å². The zero-order chi connectivity index (χ0) is 19.3. The number of anilines is 1. The van der Waals surface area contributed by atoms with Crippen LogP contribution in [0.4, 0.5) is 11.4 Å². The van der Waals surface area contributed by atoms with Crippen LogP contribution >= 0.6 is 0 Å². The molecule has 0 saturated heterocycles. The Morgan fingerprint density at radius 3 is 2.61 bits per heavy atom. The van der Waals surface area contributed by atoms with Crippen LogP contribution in [0.1, 0.15) is 6.42 Å². The summed E-state index contributed by atoms with van der Waals surface area (Å²) in [7, 11) is 0. The minimum Gasteiger partial charge on any atom is -0.491 e. The molecule has 0 aliphatic heterocycles. The highest BCUT2D eigenvalue weighted by Gasteiger charge is 2.14. The first-order chi connectivity index (χ1) is 13.7. The molecule has 0 radical (unpaired) electrons. The van der Waals surface area contributed by atoms with E-state index >= 15 is 0 Å². The summed E-state index contributed by atoms with van der Waals surface area (Å²) < 4.78 is 5.89. The third-order valence-corrected chi connectivity index (χ3v) is 4.43. The number of benzene rings is 2. The van der Waals surface area contributed by atoms with Gasteiger partial charge in [-0.25, -0.2) is 0 Å². The van der Waals surface area contributed by atoms with Gasteiger partial charge in [0.15, 0.2) is 0 Å². The predicted octanol–water partition coefficient (Wildman–Crippen LogP) is 4.57. The van der Waals surface area contributed by atoms with E-state index in [0.29, 0.717) is 24.1 Å². The van der Waals surface area contributed by atoms with E-state index in [1.807, 2.05) is 30.3 Å². The van der Waals surface area contributed by atoms with E-state index in [1.165, 1.54) is 6.07 Å². The molecule has 140 valence electrons. The molecule has 0 aliphatic carbocycles. The zero-order valence-electron chi connectivity index (χ0n) is 15.0. The molecule has 0 saturated carbocycles. The van der Waals surface area contributed by atoms with Crippen molar-refractivity contribution >= 4 is 33.2 Å². The third kappa shape index (κ3) is 3.55. The smallest absolute Gasteiger partial charge is 0.278 e. The average Bonchev–Trinajstić information content (AvgIpc) is 2.73. The molecule has 0 atom stereocenters. The molecule has 2 aromatic heterocycles. The molecule has 28 heavy (non-hydrogen) atoms. The normalized spacial score (nSPS) is 10.9. The van der Waals surface area contributed by atoms with Gasteiger partial charge in [0.1, 0.15) is 16.8 Å². The maximum absolute atomic E-state index is 11.2.